The van der Waals surface area contributed by atoms with E-state index in [2.05, 4.69) is 12.6 Å². The van der Waals surface area contributed by atoms with Gasteiger partial charge in [-0.2, -0.15) is 0 Å². The summed E-state index contributed by atoms with van der Waals surface area (Å²) in [6, 6.07) is 4.62. The molecule has 0 aromatic heterocycles. The van der Waals surface area contributed by atoms with Gasteiger partial charge in [0.05, 0.1) is 12.2 Å². The van der Waals surface area contributed by atoms with Crippen LogP contribution in [0.4, 0.5) is 0 Å². The van der Waals surface area contributed by atoms with E-state index >= 15 is 0 Å². The summed E-state index contributed by atoms with van der Waals surface area (Å²) in [5.41, 5.74) is 0.221. The molecule has 0 unspecified atom stereocenters. The highest BCUT2D eigenvalue weighted by Crippen LogP contribution is 2.23. The molecule has 0 saturated heterocycles. The first kappa shape index (κ1) is 10.9. The molecule has 3 nitrogen and oxygen atoms in total. The minimum atomic E-state index is -0.956. The van der Waals surface area contributed by atoms with Gasteiger partial charge >= 0.3 is 5.97 Å². The third-order valence-electron chi connectivity index (χ3n) is 1.67. The molecule has 0 fully saturated rings. The van der Waals surface area contributed by atoms with Gasteiger partial charge < -0.3 is 9.84 Å². The Bertz CT molecular complexity index is 336. The highest BCUT2D eigenvalue weighted by Gasteiger charge is 2.06. The van der Waals surface area contributed by atoms with E-state index in [1.807, 2.05) is 6.92 Å². The van der Waals surface area contributed by atoms with Crippen LogP contribution in [0.15, 0.2) is 23.1 Å². The van der Waals surface area contributed by atoms with Gasteiger partial charge in [0.1, 0.15) is 5.75 Å². The maximum Gasteiger partial charge on any atom is 0.335 e. The molecule has 0 heterocycles. The molecular weight excluding hydrogens is 200 g/mol. The van der Waals surface area contributed by atoms with Gasteiger partial charge in [0.2, 0.25) is 0 Å². The van der Waals surface area contributed by atoms with Crippen molar-refractivity contribution in [3.05, 3.63) is 23.8 Å². The molecule has 1 aromatic rings. The van der Waals surface area contributed by atoms with Crippen molar-refractivity contribution in [3.63, 3.8) is 0 Å². The van der Waals surface area contributed by atoms with Crippen LogP contribution in [0.2, 0.25) is 0 Å². The SMILES string of the molecule is CCCOc1ccc(C(=O)O)cc1S. The van der Waals surface area contributed by atoms with Crippen LogP contribution in [0.5, 0.6) is 5.75 Å². The smallest absolute Gasteiger partial charge is 0.335 e. The number of carboxylic acids is 1. The number of thiol groups is 1. The standard InChI is InChI=1S/C10H12O3S/c1-2-5-13-8-4-3-7(10(11)12)6-9(8)14/h3-4,6,14H,2,5H2,1H3,(H,11,12). The van der Waals surface area contributed by atoms with E-state index in [9.17, 15) is 4.79 Å². The van der Waals surface area contributed by atoms with E-state index in [-0.39, 0.29) is 5.56 Å². The molecule has 0 aliphatic rings. The van der Waals surface area contributed by atoms with Crippen molar-refractivity contribution in [3.8, 4) is 5.75 Å². The Morgan fingerprint density at radius 3 is 2.79 bits per heavy atom. The first-order chi connectivity index (χ1) is 6.65. The molecule has 0 saturated carbocycles. The molecule has 1 rings (SSSR count). The van der Waals surface area contributed by atoms with Crippen LogP contribution in [0.25, 0.3) is 0 Å². The molecule has 0 amide bonds. The summed E-state index contributed by atoms with van der Waals surface area (Å²) in [5, 5.41) is 8.70. The highest BCUT2D eigenvalue weighted by atomic mass is 32.1. The monoisotopic (exact) mass is 212 g/mol. The minimum absolute atomic E-state index is 0.221. The fourth-order valence-corrected chi connectivity index (χ4v) is 1.26. The Balaban J connectivity index is 2.84. The molecule has 0 atom stereocenters. The van der Waals surface area contributed by atoms with E-state index in [1.54, 1.807) is 6.07 Å². The zero-order valence-electron chi connectivity index (χ0n) is 7.86. The van der Waals surface area contributed by atoms with Crippen molar-refractivity contribution in [1.29, 1.82) is 0 Å². The largest absolute Gasteiger partial charge is 0.492 e. The zero-order valence-corrected chi connectivity index (χ0v) is 8.75. The van der Waals surface area contributed by atoms with Crippen molar-refractivity contribution in [2.45, 2.75) is 18.2 Å². The topological polar surface area (TPSA) is 46.5 Å². The maximum atomic E-state index is 10.6. The normalized spacial score (nSPS) is 9.86. The number of carbonyl (C=O) groups is 1. The van der Waals surface area contributed by atoms with Crippen molar-refractivity contribution in [1.82, 2.24) is 0 Å². The van der Waals surface area contributed by atoms with Gasteiger partial charge in [-0.25, -0.2) is 4.79 Å². The second-order valence-corrected chi connectivity index (χ2v) is 3.32. The average molecular weight is 212 g/mol. The number of hydrogen-bond donors (Lipinski definition) is 2. The van der Waals surface area contributed by atoms with E-state index in [4.69, 9.17) is 9.84 Å². The lowest BCUT2D eigenvalue weighted by atomic mass is 10.2. The highest BCUT2D eigenvalue weighted by molar-refractivity contribution is 7.80. The van der Waals surface area contributed by atoms with Gasteiger partial charge in [0, 0.05) is 4.90 Å². The van der Waals surface area contributed by atoms with E-state index < -0.39 is 5.97 Å². The molecule has 1 N–H and O–H groups in total. The van der Waals surface area contributed by atoms with Gasteiger partial charge in [0.15, 0.2) is 0 Å². The molecule has 14 heavy (non-hydrogen) atoms. The molecule has 1 aromatic carbocycles. The van der Waals surface area contributed by atoms with Gasteiger partial charge in [-0.3, -0.25) is 0 Å². The Kier molecular flexibility index (Phi) is 3.83. The predicted molar refractivity (Wildman–Crippen MR) is 56.4 cm³/mol. The number of hydrogen-bond acceptors (Lipinski definition) is 3. The number of aromatic carboxylic acids is 1. The van der Waals surface area contributed by atoms with Crippen LogP contribution in [0.1, 0.15) is 23.7 Å². The Labute approximate surface area is 88.1 Å². The molecule has 0 aliphatic carbocycles. The van der Waals surface area contributed by atoms with Gasteiger partial charge in [-0.05, 0) is 24.6 Å². The Hall–Kier alpha value is -1.16. The van der Waals surface area contributed by atoms with Crippen LogP contribution in [0, 0.1) is 0 Å². The molecule has 0 radical (unpaired) electrons. The maximum absolute atomic E-state index is 10.6. The van der Waals surface area contributed by atoms with E-state index in [1.165, 1.54) is 12.1 Å². The van der Waals surface area contributed by atoms with Gasteiger partial charge in [-0.15, -0.1) is 12.6 Å². The summed E-state index contributed by atoms with van der Waals surface area (Å²) < 4.78 is 5.35. The third-order valence-corrected chi connectivity index (χ3v) is 2.02. The lowest BCUT2D eigenvalue weighted by molar-refractivity contribution is 0.0696. The summed E-state index contributed by atoms with van der Waals surface area (Å²) in [6.45, 7) is 2.61. The molecular formula is C10H12O3S. The van der Waals surface area contributed by atoms with Crippen molar-refractivity contribution in [2.24, 2.45) is 0 Å². The fourth-order valence-electron chi connectivity index (χ4n) is 0.984. The van der Waals surface area contributed by atoms with Crippen LogP contribution < -0.4 is 4.74 Å². The molecule has 76 valence electrons. The summed E-state index contributed by atoms with van der Waals surface area (Å²) >= 11 is 4.15. The number of benzene rings is 1. The van der Waals surface area contributed by atoms with Crippen molar-refractivity contribution >= 4 is 18.6 Å². The average Bonchev–Trinajstić information content (AvgIpc) is 2.15. The summed E-state index contributed by atoms with van der Waals surface area (Å²) in [7, 11) is 0. The molecule has 0 spiro atoms. The second kappa shape index (κ2) is 4.91. The van der Waals surface area contributed by atoms with Crippen LogP contribution in [-0.2, 0) is 0 Å². The Morgan fingerprint density at radius 1 is 1.57 bits per heavy atom. The predicted octanol–water partition coefficient (Wildman–Crippen LogP) is 2.46. The van der Waals surface area contributed by atoms with Crippen molar-refractivity contribution < 1.29 is 14.6 Å². The number of rotatable bonds is 4. The van der Waals surface area contributed by atoms with Crippen LogP contribution in [0.3, 0.4) is 0 Å². The van der Waals surface area contributed by atoms with E-state index in [0.717, 1.165) is 6.42 Å². The first-order valence-corrected chi connectivity index (χ1v) is 4.79. The first-order valence-electron chi connectivity index (χ1n) is 4.34. The molecule has 0 bridgehead atoms. The third kappa shape index (κ3) is 2.67. The lowest BCUT2D eigenvalue weighted by Crippen LogP contribution is -1.99. The molecule has 4 heteroatoms. The lowest BCUT2D eigenvalue weighted by Gasteiger charge is -2.07. The summed E-state index contributed by atoms with van der Waals surface area (Å²) in [5.74, 6) is -0.331. The second-order valence-electron chi connectivity index (χ2n) is 2.84. The minimum Gasteiger partial charge on any atom is -0.492 e. The van der Waals surface area contributed by atoms with Crippen molar-refractivity contribution in [2.75, 3.05) is 6.61 Å². The van der Waals surface area contributed by atoms with Gasteiger partial charge in [0.25, 0.3) is 0 Å². The Morgan fingerprint density at radius 2 is 2.29 bits per heavy atom. The number of ether oxygens (including phenoxy) is 1. The fraction of sp³-hybridized carbons (Fsp3) is 0.300. The van der Waals surface area contributed by atoms with Crippen LogP contribution >= 0.6 is 12.6 Å². The molecule has 0 aliphatic heterocycles. The summed E-state index contributed by atoms with van der Waals surface area (Å²) in [4.78, 5) is 11.2. The van der Waals surface area contributed by atoms with Crippen LogP contribution in [-0.4, -0.2) is 17.7 Å². The quantitative estimate of drug-likeness (QED) is 0.754. The number of carboxylic acid groups (broad SMARTS) is 1. The van der Waals surface area contributed by atoms with E-state index in [0.29, 0.717) is 17.3 Å². The zero-order chi connectivity index (χ0) is 10.6. The summed E-state index contributed by atoms with van der Waals surface area (Å²) in [6.07, 6.45) is 0.911. The van der Waals surface area contributed by atoms with Gasteiger partial charge in [-0.1, -0.05) is 6.92 Å².